The summed E-state index contributed by atoms with van der Waals surface area (Å²) in [6, 6.07) is 8.19. The molecule has 0 saturated heterocycles. The molecule has 12 heteroatoms. The van der Waals surface area contributed by atoms with Gasteiger partial charge in [0, 0.05) is 25.5 Å². The van der Waals surface area contributed by atoms with E-state index in [9.17, 15) is 23.5 Å². The van der Waals surface area contributed by atoms with Crippen LogP contribution in [0.25, 0.3) is 0 Å². The Morgan fingerprint density at radius 2 is 1.97 bits per heavy atom. The Morgan fingerprint density at radius 1 is 1.29 bits per heavy atom. The van der Waals surface area contributed by atoms with E-state index >= 15 is 0 Å². The fourth-order valence-electron chi connectivity index (χ4n) is 4.05. The third kappa shape index (κ3) is 5.12. The zero-order valence-electron chi connectivity index (χ0n) is 19.3. The number of fused-ring (bicyclic) bond motifs is 1. The van der Waals surface area contributed by atoms with Crippen LogP contribution in [-0.2, 0) is 22.2 Å². The third-order valence-electron chi connectivity index (χ3n) is 5.78. The van der Waals surface area contributed by atoms with Crippen molar-refractivity contribution in [1.29, 1.82) is 5.26 Å². The molecule has 0 saturated carbocycles. The molecule has 0 fully saturated rings. The normalized spacial score (nSPS) is 22.3. The summed E-state index contributed by atoms with van der Waals surface area (Å²) in [5.74, 6) is -0.0139. The van der Waals surface area contributed by atoms with Crippen LogP contribution < -0.4 is 16.2 Å². The monoisotopic (exact) mass is 493 g/mol. The molecule has 188 valence electrons. The Bertz CT molecular complexity index is 1130. The summed E-state index contributed by atoms with van der Waals surface area (Å²) in [4.78, 5) is 5.07. The number of aliphatic hydroxyl groups excluding tert-OH is 1. The molecule has 1 aliphatic rings. The Hall–Kier alpha value is -3.53. The van der Waals surface area contributed by atoms with Gasteiger partial charge in [-0.15, -0.1) is 0 Å². The third-order valence-corrected chi connectivity index (χ3v) is 5.78. The lowest BCUT2D eigenvalue weighted by molar-refractivity contribution is -0.241. The summed E-state index contributed by atoms with van der Waals surface area (Å²) < 4.78 is 55.8. The van der Waals surface area contributed by atoms with Crippen LogP contribution in [-0.4, -0.2) is 48.2 Å². The fourth-order valence-corrected chi connectivity index (χ4v) is 4.05. The van der Waals surface area contributed by atoms with E-state index in [1.54, 1.807) is 19.1 Å². The van der Waals surface area contributed by atoms with E-state index in [-0.39, 0.29) is 18.1 Å². The van der Waals surface area contributed by atoms with E-state index in [0.29, 0.717) is 17.0 Å². The minimum atomic E-state index is -4.51. The molecular weight excluding hydrogens is 467 g/mol. The lowest BCUT2D eigenvalue weighted by Crippen LogP contribution is -2.62. The van der Waals surface area contributed by atoms with Crippen LogP contribution in [0.4, 0.5) is 18.9 Å². The number of nitrogens with zero attached hydrogens (tertiary/aromatic N) is 3. The van der Waals surface area contributed by atoms with Crippen LogP contribution in [0.15, 0.2) is 47.5 Å². The second-order valence-electron chi connectivity index (χ2n) is 8.12. The summed E-state index contributed by atoms with van der Waals surface area (Å²) in [5, 5.41) is 21.3. The van der Waals surface area contributed by atoms with Gasteiger partial charge in [-0.05, 0) is 42.8 Å². The molecule has 0 aliphatic carbocycles. The van der Waals surface area contributed by atoms with Crippen molar-refractivity contribution in [3.63, 3.8) is 0 Å². The highest BCUT2D eigenvalue weighted by molar-refractivity contribution is 5.80. The van der Waals surface area contributed by atoms with E-state index in [0.717, 1.165) is 17.0 Å². The molecule has 0 bridgehead atoms. The first kappa shape index (κ1) is 26.1. The number of aliphatic imine (C=N–C) groups is 1. The highest BCUT2D eigenvalue weighted by Gasteiger charge is 2.54. The first-order chi connectivity index (χ1) is 16.5. The second-order valence-corrected chi connectivity index (χ2v) is 8.12. The molecule has 5 N–H and O–H groups in total. The molecule has 0 amide bonds. The van der Waals surface area contributed by atoms with Crippen LogP contribution >= 0.6 is 0 Å². The molecule has 3 unspecified atom stereocenters. The average Bonchev–Trinajstić information content (AvgIpc) is 2.81. The zero-order valence-corrected chi connectivity index (χ0v) is 19.3. The Morgan fingerprint density at radius 3 is 2.57 bits per heavy atom. The largest absolute Gasteiger partial charge is 0.479 e. The average molecular weight is 493 g/mol. The van der Waals surface area contributed by atoms with E-state index in [2.05, 4.69) is 4.99 Å². The van der Waals surface area contributed by atoms with Crippen molar-refractivity contribution in [1.82, 2.24) is 4.90 Å². The van der Waals surface area contributed by atoms with Crippen molar-refractivity contribution < 1.29 is 32.5 Å². The number of rotatable bonds is 6. The number of aliphatic hydroxyl groups is 1. The number of nitriles is 1. The van der Waals surface area contributed by atoms with Crippen molar-refractivity contribution in [2.45, 2.75) is 43.7 Å². The van der Waals surface area contributed by atoms with E-state index in [1.807, 2.05) is 6.19 Å². The maximum atomic E-state index is 13.0. The summed E-state index contributed by atoms with van der Waals surface area (Å²) in [7, 11) is 2.74. The van der Waals surface area contributed by atoms with Crippen LogP contribution in [0, 0.1) is 11.5 Å². The van der Waals surface area contributed by atoms with Gasteiger partial charge in [0.2, 0.25) is 5.96 Å². The highest BCUT2D eigenvalue weighted by Crippen LogP contribution is 2.45. The predicted octanol–water partition coefficient (Wildman–Crippen LogP) is 2.76. The van der Waals surface area contributed by atoms with Crippen LogP contribution in [0.3, 0.4) is 0 Å². The van der Waals surface area contributed by atoms with Gasteiger partial charge in [0.05, 0.1) is 12.1 Å². The Labute approximate surface area is 200 Å². The molecule has 1 aliphatic heterocycles. The standard InChI is InChI=1S/C23H26F3N5O4/c1-22(20(33-2)34-3)19(32)18(16-10-15(28)7-8-17(16)35-22)31(12-27)21(29)30-11-13-5-4-6-14(9-13)23(24,25)26/h4-10,18-20,32H,11,28H2,1-3H3,(H2,29,30). The molecule has 2 aromatic rings. The summed E-state index contributed by atoms with van der Waals surface area (Å²) in [6.45, 7) is 1.32. The van der Waals surface area contributed by atoms with Crippen molar-refractivity contribution in [3.05, 3.63) is 59.2 Å². The number of hydrogen-bond acceptors (Lipinski definition) is 7. The first-order valence-electron chi connectivity index (χ1n) is 10.4. The van der Waals surface area contributed by atoms with E-state index in [4.69, 9.17) is 25.7 Å². The zero-order chi connectivity index (χ0) is 26.0. The number of nitrogens with two attached hydrogens (primary N) is 2. The van der Waals surface area contributed by atoms with Gasteiger partial charge >= 0.3 is 6.18 Å². The summed E-state index contributed by atoms with van der Waals surface area (Å²) in [6.07, 6.45) is -5.06. The number of hydrogen-bond donors (Lipinski definition) is 3. The molecular formula is C23H26F3N5O4. The minimum absolute atomic E-state index is 0.229. The fraction of sp³-hybridized carbons (Fsp3) is 0.391. The molecule has 0 spiro atoms. The minimum Gasteiger partial charge on any atom is -0.479 e. The Balaban J connectivity index is 2.01. The van der Waals surface area contributed by atoms with E-state index < -0.39 is 35.8 Å². The number of benzene rings is 2. The highest BCUT2D eigenvalue weighted by atomic mass is 19.4. The van der Waals surface area contributed by atoms with Gasteiger partial charge in [-0.3, -0.25) is 0 Å². The lowest BCUT2D eigenvalue weighted by Gasteiger charge is -2.48. The van der Waals surface area contributed by atoms with Crippen molar-refractivity contribution in [2.75, 3.05) is 20.0 Å². The number of halogens is 3. The van der Waals surface area contributed by atoms with Crippen molar-refractivity contribution >= 4 is 11.6 Å². The van der Waals surface area contributed by atoms with Crippen LogP contribution in [0.5, 0.6) is 5.75 Å². The number of nitrogen functional groups attached to an aromatic ring is 1. The molecule has 9 nitrogen and oxygen atoms in total. The van der Waals surface area contributed by atoms with Gasteiger partial charge in [-0.1, -0.05) is 12.1 Å². The maximum absolute atomic E-state index is 13.0. The quantitative estimate of drug-likeness (QED) is 0.139. The predicted molar refractivity (Wildman–Crippen MR) is 121 cm³/mol. The van der Waals surface area contributed by atoms with Crippen LogP contribution in [0.2, 0.25) is 0 Å². The van der Waals surface area contributed by atoms with Gasteiger partial charge in [-0.2, -0.15) is 18.4 Å². The topological polar surface area (TPSA) is 139 Å². The van der Waals surface area contributed by atoms with Gasteiger partial charge in [-0.25, -0.2) is 9.89 Å². The van der Waals surface area contributed by atoms with Gasteiger partial charge < -0.3 is 30.8 Å². The molecule has 1 heterocycles. The number of anilines is 1. The summed E-state index contributed by atoms with van der Waals surface area (Å²) in [5.41, 5.74) is 10.7. The summed E-state index contributed by atoms with van der Waals surface area (Å²) >= 11 is 0. The second kappa shape index (κ2) is 9.99. The van der Waals surface area contributed by atoms with Gasteiger partial charge in [0.25, 0.3) is 0 Å². The number of methoxy groups -OCH3 is 2. The molecule has 35 heavy (non-hydrogen) atoms. The van der Waals surface area contributed by atoms with Crippen molar-refractivity contribution in [3.8, 4) is 11.9 Å². The van der Waals surface area contributed by atoms with Gasteiger partial charge in [0.1, 0.15) is 17.9 Å². The molecule has 3 atom stereocenters. The van der Waals surface area contributed by atoms with E-state index in [1.165, 1.54) is 32.4 Å². The molecule has 2 aromatic carbocycles. The number of guanidine groups is 1. The molecule has 0 aromatic heterocycles. The molecule has 3 rings (SSSR count). The van der Waals surface area contributed by atoms with Crippen molar-refractivity contribution in [2.24, 2.45) is 10.7 Å². The first-order valence-corrected chi connectivity index (χ1v) is 10.4. The SMILES string of the molecule is COC(OC)C1(C)Oc2ccc(N)cc2C(N(C#N)C(N)=NCc2cccc(C(F)(F)F)c2)C1O. The number of ether oxygens (including phenoxy) is 3. The maximum Gasteiger partial charge on any atom is 0.416 e. The molecule has 0 radical (unpaired) electrons. The van der Waals surface area contributed by atoms with Crippen LogP contribution in [0.1, 0.15) is 29.7 Å². The smallest absolute Gasteiger partial charge is 0.416 e. The Kier molecular flexibility index (Phi) is 7.44. The van der Waals surface area contributed by atoms with Gasteiger partial charge in [0.15, 0.2) is 18.1 Å². The number of alkyl halides is 3. The lowest BCUT2D eigenvalue weighted by atomic mass is 9.83.